The highest BCUT2D eigenvalue weighted by Gasteiger charge is 2.28. The van der Waals surface area contributed by atoms with Gasteiger partial charge in [-0.2, -0.15) is 0 Å². The molecule has 4 aromatic rings. The summed E-state index contributed by atoms with van der Waals surface area (Å²) in [6.45, 7) is 0. The fourth-order valence-corrected chi connectivity index (χ4v) is 6.61. The third-order valence-corrected chi connectivity index (χ3v) is 8.17. The minimum atomic E-state index is -0.789. The molecule has 0 radical (unpaired) electrons. The maximum Gasteiger partial charge on any atom is 0.163 e. The number of carbonyl (C=O) groups excluding carboxylic acids is 1. The molecule has 3 heteroatoms. The second-order valence-corrected chi connectivity index (χ2v) is 9.72. The Labute approximate surface area is 185 Å². The van der Waals surface area contributed by atoms with Crippen molar-refractivity contribution in [2.24, 2.45) is 0 Å². The van der Waals surface area contributed by atoms with Crippen LogP contribution in [-0.2, 0) is 0 Å². The molecule has 0 fully saturated rings. The van der Waals surface area contributed by atoms with E-state index in [0.717, 1.165) is 16.9 Å². The van der Waals surface area contributed by atoms with Crippen LogP contribution in [0.3, 0.4) is 0 Å². The summed E-state index contributed by atoms with van der Waals surface area (Å²) in [7, 11) is 0.884. The molecule has 0 aromatic heterocycles. The van der Waals surface area contributed by atoms with Crippen molar-refractivity contribution in [1.82, 2.24) is 0 Å². The molecule has 0 spiro atoms. The summed E-state index contributed by atoms with van der Waals surface area (Å²) in [5.74, 6) is 0.987. The van der Waals surface area contributed by atoms with Crippen LogP contribution in [0.25, 0.3) is 0 Å². The lowest BCUT2D eigenvalue weighted by Crippen LogP contribution is -2.19. The molecule has 0 aliphatic rings. The van der Waals surface area contributed by atoms with Crippen molar-refractivity contribution in [2.75, 3.05) is 7.11 Å². The Morgan fingerprint density at radius 1 is 0.710 bits per heavy atom. The van der Waals surface area contributed by atoms with Gasteiger partial charge < -0.3 is 4.74 Å². The summed E-state index contributed by atoms with van der Waals surface area (Å²) in [6, 6.07) is 38.9. The van der Waals surface area contributed by atoms with E-state index in [1.807, 2.05) is 54.6 Å². The van der Waals surface area contributed by atoms with E-state index < -0.39 is 7.92 Å². The van der Waals surface area contributed by atoms with Gasteiger partial charge in [-0.1, -0.05) is 103 Å². The van der Waals surface area contributed by atoms with Gasteiger partial charge in [0, 0.05) is 17.6 Å². The molecular weight excluding hydrogens is 399 g/mol. The predicted molar refractivity (Wildman–Crippen MR) is 130 cm³/mol. The summed E-state index contributed by atoms with van der Waals surface area (Å²) in [6.07, 6.45) is 0.450. The van der Waals surface area contributed by atoms with Gasteiger partial charge >= 0.3 is 0 Å². The van der Waals surface area contributed by atoms with Crippen LogP contribution in [0, 0.1) is 0 Å². The van der Waals surface area contributed by atoms with E-state index in [4.69, 9.17) is 4.74 Å². The zero-order chi connectivity index (χ0) is 21.5. The van der Waals surface area contributed by atoms with Gasteiger partial charge in [0.1, 0.15) is 5.75 Å². The summed E-state index contributed by atoms with van der Waals surface area (Å²) >= 11 is 0. The number of hydrogen-bond acceptors (Lipinski definition) is 2. The highest BCUT2D eigenvalue weighted by molar-refractivity contribution is 7.73. The Kier molecular flexibility index (Phi) is 6.92. The first-order valence-electron chi connectivity index (χ1n) is 10.4. The topological polar surface area (TPSA) is 26.3 Å². The smallest absolute Gasteiger partial charge is 0.163 e. The third kappa shape index (κ3) is 5.10. The summed E-state index contributed by atoms with van der Waals surface area (Å²) < 4.78 is 5.37. The van der Waals surface area contributed by atoms with E-state index in [1.165, 1.54) is 10.6 Å². The molecule has 0 saturated carbocycles. The molecule has 0 saturated heterocycles. The fraction of sp³-hybridized carbons (Fsp3) is 0.107. The minimum Gasteiger partial charge on any atom is -0.497 e. The molecule has 0 heterocycles. The Hall–Kier alpha value is -3.22. The van der Waals surface area contributed by atoms with Crippen LogP contribution in [0.5, 0.6) is 5.75 Å². The Morgan fingerprint density at radius 2 is 1.19 bits per heavy atom. The molecular formula is C28H25O2P. The van der Waals surface area contributed by atoms with Crippen molar-refractivity contribution in [3.05, 3.63) is 126 Å². The van der Waals surface area contributed by atoms with Crippen molar-refractivity contribution in [3.8, 4) is 5.75 Å². The van der Waals surface area contributed by atoms with E-state index in [9.17, 15) is 4.79 Å². The van der Waals surface area contributed by atoms with Crippen molar-refractivity contribution in [2.45, 2.75) is 12.1 Å². The van der Waals surface area contributed by atoms with Crippen LogP contribution in [0.1, 0.15) is 28.0 Å². The van der Waals surface area contributed by atoms with Gasteiger partial charge in [0.25, 0.3) is 0 Å². The van der Waals surface area contributed by atoms with Crippen LogP contribution in [-0.4, -0.2) is 12.9 Å². The second-order valence-electron chi connectivity index (χ2n) is 7.32. The summed E-state index contributed by atoms with van der Waals surface area (Å²) in [4.78, 5) is 13.3. The number of hydrogen-bond donors (Lipinski definition) is 0. The van der Waals surface area contributed by atoms with E-state index in [0.29, 0.717) is 6.42 Å². The average Bonchev–Trinajstić information content (AvgIpc) is 2.85. The number of rotatable bonds is 8. The molecule has 31 heavy (non-hydrogen) atoms. The largest absolute Gasteiger partial charge is 0.497 e. The number of carbonyl (C=O) groups is 1. The molecule has 0 bridgehead atoms. The van der Waals surface area contributed by atoms with Gasteiger partial charge in [-0.05, 0) is 36.2 Å². The predicted octanol–water partition coefficient (Wildman–Crippen LogP) is 6.14. The molecule has 0 amide bonds. The number of Topliss-reactive ketones (excluding diaryl/α,β-unsaturated/α-hetero) is 1. The van der Waals surface area contributed by atoms with Crippen LogP contribution in [0.4, 0.5) is 0 Å². The molecule has 1 atom stereocenters. The van der Waals surface area contributed by atoms with Crippen LogP contribution in [0.15, 0.2) is 115 Å². The van der Waals surface area contributed by atoms with Crippen molar-refractivity contribution in [1.29, 1.82) is 0 Å². The lowest BCUT2D eigenvalue weighted by Gasteiger charge is -2.29. The van der Waals surface area contributed by atoms with Crippen LogP contribution >= 0.6 is 7.92 Å². The third-order valence-electron chi connectivity index (χ3n) is 5.36. The first-order valence-corrected chi connectivity index (χ1v) is 11.8. The zero-order valence-corrected chi connectivity index (χ0v) is 18.4. The van der Waals surface area contributed by atoms with Gasteiger partial charge in [0.05, 0.1) is 7.11 Å². The number of benzene rings is 4. The first-order chi connectivity index (χ1) is 15.3. The van der Waals surface area contributed by atoms with E-state index >= 15 is 0 Å². The standard InChI is InChI=1S/C28H25O2P/c1-30-24-19-17-23(18-20-24)28(21-27(29)22-11-5-2-6-12-22)31(25-13-7-3-8-14-25)26-15-9-4-10-16-26/h2-20,28H,21H2,1H3/t28-/m0/s1. The number of ketones is 1. The quantitative estimate of drug-likeness (QED) is 0.251. The van der Waals surface area contributed by atoms with Gasteiger partial charge in [0.2, 0.25) is 0 Å². The van der Waals surface area contributed by atoms with Gasteiger partial charge in [-0.3, -0.25) is 4.79 Å². The molecule has 4 aromatic carbocycles. The Bertz CT molecular complexity index is 1050. The minimum absolute atomic E-state index is 0.0541. The molecule has 0 aliphatic heterocycles. The van der Waals surface area contributed by atoms with Crippen molar-refractivity contribution in [3.63, 3.8) is 0 Å². The Morgan fingerprint density at radius 3 is 1.68 bits per heavy atom. The van der Waals surface area contributed by atoms with Gasteiger partial charge in [0.15, 0.2) is 5.78 Å². The number of ether oxygens (including phenoxy) is 1. The lowest BCUT2D eigenvalue weighted by molar-refractivity contribution is 0.0981. The first kappa shape index (κ1) is 21.0. The molecule has 0 unspecified atom stereocenters. The molecule has 154 valence electrons. The highest BCUT2D eigenvalue weighted by atomic mass is 31.1. The van der Waals surface area contributed by atoms with Crippen molar-refractivity contribution < 1.29 is 9.53 Å². The summed E-state index contributed by atoms with van der Waals surface area (Å²) in [5.41, 5.74) is 1.97. The van der Waals surface area contributed by atoms with E-state index in [-0.39, 0.29) is 11.4 Å². The normalized spacial score (nSPS) is 11.8. The number of methoxy groups -OCH3 is 1. The summed E-state index contributed by atoms with van der Waals surface area (Å²) in [5, 5.41) is 2.54. The molecule has 4 rings (SSSR count). The maximum absolute atomic E-state index is 13.3. The molecule has 2 nitrogen and oxygen atoms in total. The van der Waals surface area contributed by atoms with Crippen molar-refractivity contribution >= 4 is 24.3 Å². The fourth-order valence-electron chi connectivity index (χ4n) is 3.79. The van der Waals surface area contributed by atoms with E-state index in [1.54, 1.807) is 7.11 Å². The molecule has 0 N–H and O–H groups in total. The second kappa shape index (κ2) is 10.2. The monoisotopic (exact) mass is 424 g/mol. The average molecular weight is 424 g/mol. The van der Waals surface area contributed by atoms with Crippen LogP contribution in [0.2, 0.25) is 0 Å². The van der Waals surface area contributed by atoms with Gasteiger partial charge in [-0.25, -0.2) is 0 Å². The lowest BCUT2D eigenvalue weighted by atomic mass is 10.0. The zero-order valence-electron chi connectivity index (χ0n) is 17.5. The maximum atomic E-state index is 13.3. The SMILES string of the molecule is COc1ccc([C@H](CC(=O)c2ccccc2)P(c2ccccc2)c2ccccc2)cc1. The van der Waals surface area contributed by atoms with Gasteiger partial charge in [-0.15, -0.1) is 0 Å². The highest BCUT2D eigenvalue weighted by Crippen LogP contribution is 2.52. The Balaban J connectivity index is 1.80. The van der Waals surface area contributed by atoms with E-state index in [2.05, 4.69) is 60.7 Å². The molecule has 0 aliphatic carbocycles. The van der Waals surface area contributed by atoms with Crippen LogP contribution < -0.4 is 15.3 Å².